The van der Waals surface area contributed by atoms with E-state index < -0.39 is 0 Å². The lowest BCUT2D eigenvalue weighted by molar-refractivity contribution is 1.46. The zero-order valence-electron chi connectivity index (χ0n) is 7.45. The van der Waals surface area contributed by atoms with Crippen molar-refractivity contribution in [2.24, 2.45) is 0 Å². The average Bonchev–Trinajstić information content (AvgIpc) is 2.57. The summed E-state index contributed by atoms with van der Waals surface area (Å²) < 4.78 is 0. The molecule has 0 aliphatic heterocycles. The molecule has 1 N–H and O–H groups in total. The van der Waals surface area contributed by atoms with Gasteiger partial charge < -0.3 is 5.32 Å². The van der Waals surface area contributed by atoms with Gasteiger partial charge in [-0.2, -0.15) is 0 Å². The van der Waals surface area contributed by atoms with Gasteiger partial charge in [0.25, 0.3) is 0 Å². The van der Waals surface area contributed by atoms with Crippen LogP contribution in [0.3, 0.4) is 0 Å². The lowest BCUT2D eigenvalue weighted by Gasteiger charge is -2.03. The Morgan fingerprint density at radius 3 is 2.77 bits per heavy atom. The fourth-order valence-corrected chi connectivity index (χ4v) is 1.85. The minimum atomic E-state index is 1.16. The van der Waals surface area contributed by atoms with Gasteiger partial charge in [0.1, 0.15) is 0 Å². The zero-order valence-corrected chi connectivity index (χ0v) is 8.27. The zero-order chi connectivity index (χ0) is 9.10. The van der Waals surface area contributed by atoms with E-state index in [4.69, 9.17) is 0 Å². The van der Waals surface area contributed by atoms with E-state index in [2.05, 4.69) is 48.0 Å². The first-order valence-electron chi connectivity index (χ1n) is 4.22. The Hall–Kier alpha value is -1.28. The monoisotopic (exact) mass is 189 g/mol. The molecule has 2 rings (SSSR count). The van der Waals surface area contributed by atoms with E-state index in [1.807, 2.05) is 6.07 Å². The minimum absolute atomic E-state index is 1.16. The number of benzene rings is 1. The van der Waals surface area contributed by atoms with Crippen molar-refractivity contribution in [2.45, 2.75) is 6.92 Å². The van der Waals surface area contributed by atoms with Crippen LogP contribution in [0.5, 0.6) is 0 Å². The van der Waals surface area contributed by atoms with Crippen molar-refractivity contribution < 1.29 is 0 Å². The summed E-state index contributed by atoms with van der Waals surface area (Å²) in [6, 6.07) is 12.5. The summed E-state index contributed by atoms with van der Waals surface area (Å²) in [5.74, 6) is 0. The molecular weight excluding hydrogens is 178 g/mol. The van der Waals surface area contributed by atoms with Crippen LogP contribution in [0.1, 0.15) is 5.56 Å². The van der Waals surface area contributed by atoms with Crippen molar-refractivity contribution in [1.29, 1.82) is 0 Å². The van der Waals surface area contributed by atoms with Crippen LogP contribution in [0.25, 0.3) is 0 Å². The van der Waals surface area contributed by atoms with Gasteiger partial charge in [-0.25, -0.2) is 0 Å². The Kier molecular flexibility index (Phi) is 2.32. The first-order chi connectivity index (χ1) is 6.34. The quantitative estimate of drug-likeness (QED) is 0.757. The highest BCUT2D eigenvalue weighted by atomic mass is 32.1. The van der Waals surface area contributed by atoms with Crippen molar-refractivity contribution in [3.8, 4) is 0 Å². The van der Waals surface area contributed by atoms with Gasteiger partial charge in [-0.15, -0.1) is 11.3 Å². The van der Waals surface area contributed by atoms with Crippen LogP contribution in [-0.2, 0) is 0 Å². The molecule has 0 bridgehead atoms. The van der Waals surface area contributed by atoms with Crippen molar-refractivity contribution >= 4 is 22.0 Å². The van der Waals surface area contributed by atoms with Gasteiger partial charge in [0.2, 0.25) is 0 Å². The fraction of sp³-hybridized carbons (Fsp3) is 0.0909. The Labute approximate surface area is 82.0 Å². The summed E-state index contributed by atoms with van der Waals surface area (Å²) >= 11 is 1.71. The summed E-state index contributed by atoms with van der Waals surface area (Å²) in [4.78, 5) is 0. The topological polar surface area (TPSA) is 12.0 Å². The Morgan fingerprint density at radius 1 is 1.15 bits per heavy atom. The van der Waals surface area contributed by atoms with Gasteiger partial charge in [-0.05, 0) is 42.1 Å². The molecular formula is C11H11NS. The molecule has 0 aliphatic rings. The van der Waals surface area contributed by atoms with Crippen LogP contribution in [0.4, 0.5) is 10.7 Å². The van der Waals surface area contributed by atoms with Gasteiger partial charge in [-0.3, -0.25) is 0 Å². The molecule has 0 saturated carbocycles. The summed E-state index contributed by atoms with van der Waals surface area (Å²) in [5, 5.41) is 6.60. The Bertz CT molecular complexity index is 379. The third-order valence-corrected chi connectivity index (χ3v) is 2.59. The predicted molar refractivity (Wildman–Crippen MR) is 58.8 cm³/mol. The van der Waals surface area contributed by atoms with E-state index in [9.17, 15) is 0 Å². The molecule has 1 aromatic heterocycles. The summed E-state index contributed by atoms with van der Waals surface area (Å²) in [7, 11) is 0. The molecule has 0 fully saturated rings. The minimum Gasteiger partial charge on any atom is -0.347 e. The Morgan fingerprint density at radius 2 is 2.08 bits per heavy atom. The van der Waals surface area contributed by atoms with Crippen LogP contribution < -0.4 is 5.32 Å². The highest BCUT2D eigenvalue weighted by Crippen LogP contribution is 2.21. The molecule has 0 radical (unpaired) electrons. The molecule has 1 nitrogen and oxygen atoms in total. The molecule has 66 valence electrons. The van der Waals surface area contributed by atoms with E-state index in [0.717, 1.165) is 5.69 Å². The molecule has 0 spiro atoms. The van der Waals surface area contributed by atoms with E-state index in [-0.39, 0.29) is 0 Å². The molecule has 0 unspecified atom stereocenters. The molecule has 2 aromatic rings. The van der Waals surface area contributed by atoms with Gasteiger partial charge >= 0.3 is 0 Å². The average molecular weight is 189 g/mol. The maximum absolute atomic E-state index is 3.34. The van der Waals surface area contributed by atoms with Gasteiger partial charge in [0.05, 0.1) is 5.00 Å². The second-order valence-corrected chi connectivity index (χ2v) is 3.92. The number of hydrogen-bond donors (Lipinski definition) is 1. The summed E-state index contributed by atoms with van der Waals surface area (Å²) in [6.45, 7) is 2.10. The van der Waals surface area contributed by atoms with E-state index in [0.29, 0.717) is 0 Å². The number of thiophene rings is 1. The SMILES string of the molecule is Cc1cccc(Nc2cccs2)c1. The fourth-order valence-electron chi connectivity index (χ4n) is 1.21. The predicted octanol–water partition coefficient (Wildman–Crippen LogP) is 3.80. The van der Waals surface area contributed by atoms with Crippen molar-refractivity contribution in [1.82, 2.24) is 0 Å². The molecule has 0 aliphatic carbocycles. The molecule has 1 heterocycles. The van der Waals surface area contributed by atoms with Crippen molar-refractivity contribution in [3.05, 3.63) is 47.3 Å². The summed E-state index contributed by atoms with van der Waals surface area (Å²) in [5.41, 5.74) is 2.43. The molecule has 0 atom stereocenters. The Balaban J connectivity index is 2.19. The maximum Gasteiger partial charge on any atom is 0.0926 e. The van der Waals surface area contributed by atoms with Crippen LogP contribution >= 0.6 is 11.3 Å². The smallest absolute Gasteiger partial charge is 0.0926 e. The van der Waals surface area contributed by atoms with E-state index in [1.54, 1.807) is 11.3 Å². The molecule has 13 heavy (non-hydrogen) atoms. The maximum atomic E-state index is 3.34. The van der Waals surface area contributed by atoms with Crippen LogP contribution in [-0.4, -0.2) is 0 Å². The van der Waals surface area contributed by atoms with E-state index in [1.165, 1.54) is 10.6 Å². The molecule has 2 heteroatoms. The molecule has 1 aromatic carbocycles. The third-order valence-electron chi connectivity index (χ3n) is 1.81. The van der Waals surface area contributed by atoms with Gasteiger partial charge in [-0.1, -0.05) is 12.1 Å². The second kappa shape index (κ2) is 3.62. The van der Waals surface area contributed by atoms with Crippen LogP contribution in [0.15, 0.2) is 41.8 Å². The number of aryl methyl sites for hydroxylation is 1. The molecule has 0 amide bonds. The number of rotatable bonds is 2. The lowest BCUT2D eigenvalue weighted by Crippen LogP contribution is -1.86. The third kappa shape index (κ3) is 2.10. The number of nitrogens with one attached hydrogen (secondary N) is 1. The number of anilines is 2. The molecule has 0 saturated heterocycles. The van der Waals surface area contributed by atoms with E-state index >= 15 is 0 Å². The number of hydrogen-bond acceptors (Lipinski definition) is 2. The highest BCUT2D eigenvalue weighted by molar-refractivity contribution is 7.14. The van der Waals surface area contributed by atoms with Crippen molar-refractivity contribution in [2.75, 3.05) is 5.32 Å². The largest absolute Gasteiger partial charge is 0.347 e. The standard InChI is InChI=1S/C11H11NS/c1-9-4-2-5-10(8-9)12-11-6-3-7-13-11/h2-8,12H,1H3. The first kappa shape index (κ1) is 8.32. The van der Waals surface area contributed by atoms with Gasteiger partial charge in [0.15, 0.2) is 0 Å². The summed E-state index contributed by atoms with van der Waals surface area (Å²) in [6.07, 6.45) is 0. The lowest BCUT2D eigenvalue weighted by atomic mass is 10.2. The highest BCUT2D eigenvalue weighted by Gasteiger charge is 1.94. The normalized spacial score (nSPS) is 9.92. The van der Waals surface area contributed by atoms with Crippen LogP contribution in [0, 0.1) is 6.92 Å². The second-order valence-electron chi connectivity index (χ2n) is 2.97. The van der Waals surface area contributed by atoms with Gasteiger partial charge in [0, 0.05) is 5.69 Å². The van der Waals surface area contributed by atoms with Crippen molar-refractivity contribution in [3.63, 3.8) is 0 Å². The van der Waals surface area contributed by atoms with Crippen LogP contribution in [0.2, 0.25) is 0 Å². The first-order valence-corrected chi connectivity index (χ1v) is 5.10.